The van der Waals surface area contributed by atoms with E-state index in [4.69, 9.17) is 9.84 Å². The lowest BCUT2D eigenvalue weighted by atomic mass is 10.1. The summed E-state index contributed by atoms with van der Waals surface area (Å²) in [5.74, 6) is -0.162. The van der Waals surface area contributed by atoms with Gasteiger partial charge >= 0.3 is 5.97 Å². The van der Waals surface area contributed by atoms with Crippen molar-refractivity contribution in [2.75, 3.05) is 13.2 Å². The van der Waals surface area contributed by atoms with Crippen molar-refractivity contribution in [1.82, 2.24) is 0 Å². The number of carbonyl (C=O) groups excluding carboxylic acids is 2. The first-order valence-corrected chi connectivity index (χ1v) is 6.91. The fourth-order valence-corrected chi connectivity index (χ4v) is 2.49. The first-order valence-electron chi connectivity index (χ1n) is 6.03. The van der Waals surface area contributed by atoms with Crippen molar-refractivity contribution in [2.24, 2.45) is 0 Å². The van der Waals surface area contributed by atoms with E-state index in [0.717, 1.165) is 19.3 Å². The molecule has 0 rings (SSSR count). The molecule has 4 nitrogen and oxygen atoms in total. The van der Waals surface area contributed by atoms with Crippen LogP contribution >= 0.6 is 11.8 Å². The molecule has 5 heteroatoms. The molecule has 1 atom stereocenters. The normalized spacial score (nSPS) is 12.2. The highest BCUT2D eigenvalue weighted by Crippen LogP contribution is 2.21. The summed E-state index contributed by atoms with van der Waals surface area (Å²) in [6.45, 7) is 3.85. The Morgan fingerprint density at radius 2 is 2.00 bits per heavy atom. The summed E-state index contributed by atoms with van der Waals surface area (Å²) < 4.78 is 4.82. The van der Waals surface area contributed by atoms with E-state index in [1.165, 1.54) is 18.7 Å². The molecular formula is C12H22O4S. The zero-order chi connectivity index (χ0) is 13.1. The maximum absolute atomic E-state index is 11.1. The third-order valence-electron chi connectivity index (χ3n) is 2.25. The number of hydrogen-bond donors (Lipinski definition) is 1. The van der Waals surface area contributed by atoms with Crippen LogP contribution in [0.4, 0.5) is 0 Å². The van der Waals surface area contributed by atoms with Gasteiger partial charge in [-0.05, 0) is 26.2 Å². The van der Waals surface area contributed by atoms with Crippen LogP contribution < -0.4 is 0 Å². The Balaban J connectivity index is 3.66. The fourth-order valence-electron chi connectivity index (χ4n) is 1.52. The van der Waals surface area contributed by atoms with Crippen molar-refractivity contribution in [2.45, 2.75) is 51.2 Å². The molecule has 1 N–H and O–H groups in total. The van der Waals surface area contributed by atoms with E-state index >= 15 is 0 Å². The molecule has 0 aromatic rings. The van der Waals surface area contributed by atoms with Crippen LogP contribution in [0.3, 0.4) is 0 Å². The largest absolute Gasteiger partial charge is 0.466 e. The molecule has 0 saturated heterocycles. The van der Waals surface area contributed by atoms with E-state index in [2.05, 4.69) is 0 Å². The quantitative estimate of drug-likeness (QED) is 0.509. The van der Waals surface area contributed by atoms with Gasteiger partial charge in [-0.1, -0.05) is 18.2 Å². The van der Waals surface area contributed by atoms with Crippen LogP contribution in [0, 0.1) is 0 Å². The lowest BCUT2D eigenvalue weighted by molar-refractivity contribution is -0.143. The molecule has 0 aromatic heterocycles. The summed E-state index contributed by atoms with van der Waals surface area (Å²) in [7, 11) is 0. The van der Waals surface area contributed by atoms with Gasteiger partial charge in [0.1, 0.15) is 0 Å². The van der Waals surface area contributed by atoms with Crippen LogP contribution in [0.1, 0.15) is 46.0 Å². The molecule has 0 bridgehead atoms. The van der Waals surface area contributed by atoms with Gasteiger partial charge in [-0.25, -0.2) is 0 Å². The third-order valence-corrected chi connectivity index (χ3v) is 3.38. The van der Waals surface area contributed by atoms with Crippen molar-refractivity contribution < 1.29 is 19.4 Å². The number of hydrogen-bond acceptors (Lipinski definition) is 5. The van der Waals surface area contributed by atoms with Gasteiger partial charge in [0.05, 0.1) is 6.61 Å². The van der Waals surface area contributed by atoms with Crippen molar-refractivity contribution in [3.05, 3.63) is 0 Å². The fraction of sp³-hybridized carbons (Fsp3) is 0.833. The summed E-state index contributed by atoms with van der Waals surface area (Å²) in [6.07, 6.45) is 3.57. The highest BCUT2D eigenvalue weighted by molar-refractivity contribution is 8.14. The number of thioether (sulfide) groups is 1. The second-order valence-corrected chi connectivity index (χ2v) is 5.27. The van der Waals surface area contributed by atoms with Gasteiger partial charge in [0, 0.05) is 25.2 Å². The molecule has 0 spiro atoms. The zero-order valence-corrected chi connectivity index (χ0v) is 11.4. The highest BCUT2D eigenvalue weighted by Gasteiger charge is 2.11. The van der Waals surface area contributed by atoms with Crippen LogP contribution in [0.5, 0.6) is 0 Å². The SMILES string of the molecule is CCOC(=O)CCCCC(CCO)SC(C)=O. The van der Waals surface area contributed by atoms with Gasteiger partial charge in [0.15, 0.2) is 5.12 Å². The van der Waals surface area contributed by atoms with E-state index in [1.807, 2.05) is 0 Å². The van der Waals surface area contributed by atoms with Crippen LogP contribution in [-0.4, -0.2) is 34.7 Å². The maximum atomic E-state index is 11.1. The minimum atomic E-state index is -0.162. The summed E-state index contributed by atoms with van der Waals surface area (Å²) in [5.41, 5.74) is 0. The van der Waals surface area contributed by atoms with E-state index in [1.54, 1.807) is 6.92 Å². The minimum absolute atomic E-state index is 0.0776. The van der Waals surface area contributed by atoms with Crippen LogP contribution in [0.25, 0.3) is 0 Å². The first kappa shape index (κ1) is 16.4. The lowest BCUT2D eigenvalue weighted by Gasteiger charge is -2.12. The van der Waals surface area contributed by atoms with E-state index in [-0.39, 0.29) is 22.9 Å². The van der Waals surface area contributed by atoms with Crippen molar-refractivity contribution >= 4 is 22.8 Å². The van der Waals surface area contributed by atoms with Gasteiger partial charge in [0.2, 0.25) is 0 Å². The Morgan fingerprint density at radius 1 is 1.29 bits per heavy atom. The predicted octanol–water partition coefficient (Wildman–Crippen LogP) is 2.14. The van der Waals surface area contributed by atoms with Gasteiger partial charge in [-0.3, -0.25) is 9.59 Å². The molecule has 0 fully saturated rings. The van der Waals surface area contributed by atoms with Crippen LogP contribution in [-0.2, 0) is 14.3 Å². The Morgan fingerprint density at radius 3 is 2.53 bits per heavy atom. The number of rotatable bonds is 9. The molecule has 0 saturated carbocycles. The monoisotopic (exact) mass is 262 g/mol. The predicted molar refractivity (Wildman–Crippen MR) is 68.9 cm³/mol. The Bertz CT molecular complexity index is 231. The molecule has 1 unspecified atom stereocenters. The maximum Gasteiger partial charge on any atom is 0.305 e. The number of esters is 1. The Labute approximate surface area is 107 Å². The molecule has 0 aromatic carbocycles. The van der Waals surface area contributed by atoms with Crippen molar-refractivity contribution in [3.63, 3.8) is 0 Å². The minimum Gasteiger partial charge on any atom is -0.466 e. The highest BCUT2D eigenvalue weighted by atomic mass is 32.2. The number of aliphatic hydroxyl groups excluding tert-OH is 1. The second-order valence-electron chi connectivity index (χ2n) is 3.79. The topological polar surface area (TPSA) is 63.6 Å². The number of ether oxygens (including phenoxy) is 1. The lowest BCUT2D eigenvalue weighted by Crippen LogP contribution is -2.09. The van der Waals surface area contributed by atoms with Crippen molar-refractivity contribution in [1.29, 1.82) is 0 Å². The van der Waals surface area contributed by atoms with E-state index in [0.29, 0.717) is 19.4 Å². The second kappa shape index (κ2) is 10.6. The number of unbranched alkanes of at least 4 members (excludes halogenated alkanes) is 1. The van der Waals surface area contributed by atoms with Crippen LogP contribution in [0.15, 0.2) is 0 Å². The molecule has 0 radical (unpaired) electrons. The molecular weight excluding hydrogens is 240 g/mol. The van der Waals surface area contributed by atoms with E-state index in [9.17, 15) is 9.59 Å². The molecule has 0 aliphatic carbocycles. The Kier molecular flexibility index (Phi) is 10.3. The molecule has 0 aliphatic rings. The first-order chi connectivity index (χ1) is 8.10. The average Bonchev–Trinajstić information content (AvgIpc) is 2.24. The summed E-state index contributed by atoms with van der Waals surface area (Å²) in [4.78, 5) is 22.0. The molecule has 0 aliphatic heterocycles. The molecule has 0 amide bonds. The number of carbonyl (C=O) groups is 2. The van der Waals surface area contributed by atoms with Gasteiger partial charge < -0.3 is 9.84 Å². The third kappa shape index (κ3) is 10.3. The summed E-state index contributed by atoms with van der Waals surface area (Å²) >= 11 is 1.28. The van der Waals surface area contributed by atoms with Gasteiger partial charge in [-0.15, -0.1) is 0 Å². The Hall–Kier alpha value is -0.550. The zero-order valence-electron chi connectivity index (χ0n) is 10.6. The molecule has 100 valence electrons. The van der Waals surface area contributed by atoms with Crippen LogP contribution in [0.2, 0.25) is 0 Å². The average molecular weight is 262 g/mol. The van der Waals surface area contributed by atoms with Gasteiger partial charge in [-0.2, -0.15) is 0 Å². The summed E-state index contributed by atoms with van der Waals surface area (Å²) in [6, 6.07) is 0. The van der Waals surface area contributed by atoms with Gasteiger partial charge in [0.25, 0.3) is 0 Å². The van der Waals surface area contributed by atoms with E-state index < -0.39 is 0 Å². The van der Waals surface area contributed by atoms with Crippen molar-refractivity contribution in [3.8, 4) is 0 Å². The molecule has 17 heavy (non-hydrogen) atoms. The smallest absolute Gasteiger partial charge is 0.305 e. The summed E-state index contributed by atoms with van der Waals surface area (Å²) in [5, 5.41) is 9.11. The molecule has 0 heterocycles. The standard InChI is InChI=1S/C12H22O4S/c1-3-16-12(15)7-5-4-6-11(8-9-13)17-10(2)14/h11,13H,3-9H2,1-2H3. The number of aliphatic hydroxyl groups is 1.